The smallest absolute Gasteiger partial charge is 0.221 e. The largest absolute Gasteiger partial charge is 0.326 e. The summed E-state index contributed by atoms with van der Waals surface area (Å²) in [6.45, 7) is 1.44. The van der Waals surface area contributed by atoms with Gasteiger partial charge in [-0.1, -0.05) is 68.5 Å². The van der Waals surface area contributed by atoms with Crippen molar-refractivity contribution in [1.29, 1.82) is 5.26 Å². The molecule has 2 aromatic carbocycles. The lowest BCUT2D eigenvalue weighted by Crippen LogP contribution is -2.05. The molecule has 1 N–H and O–H groups in total. The quantitative estimate of drug-likeness (QED) is 0.791. The maximum Gasteiger partial charge on any atom is 0.221 e. The predicted octanol–water partition coefficient (Wildman–Crippen LogP) is 5.15. The van der Waals surface area contributed by atoms with Gasteiger partial charge in [-0.05, 0) is 24.3 Å². The minimum absolute atomic E-state index is 0.111. The molecule has 0 spiro atoms. The Bertz CT molecular complexity index is 547. The summed E-state index contributed by atoms with van der Waals surface area (Å²) in [5.74, 6) is -0.111. The van der Waals surface area contributed by atoms with Gasteiger partial charge in [0.15, 0.2) is 0 Å². The van der Waals surface area contributed by atoms with Gasteiger partial charge < -0.3 is 5.32 Å². The number of rotatable bonds is 1. The first-order valence-electron chi connectivity index (χ1n) is 8.00. The van der Waals surface area contributed by atoms with E-state index in [4.69, 9.17) is 5.26 Å². The van der Waals surface area contributed by atoms with E-state index in [0.29, 0.717) is 11.3 Å². The van der Waals surface area contributed by atoms with E-state index >= 15 is 0 Å². The van der Waals surface area contributed by atoms with Crippen molar-refractivity contribution < 1.29 is 4.79 Å². The average Bonchev–Trinajstić information content (AvgIpc) is 3.17. The topological polar surface area (TPSA) is 52.9 Å². The van der Waals surface area contributed by atoms with E-state index < -0.39 is 0 Å². The lowest BCUT2D eigenvalue weighted by molar-refractivity contribution is -0.114. The van der Waals surface area contributed by atoms with Crippen molar-refractivity contribution in [3.63, 3.8) is 0 Å². The van der Waals surface area contributed by atoms with Crippen LogP contribution in [0.15, 0.2) is 60.7 Å². The van der Waals surface area contributed by atoms with Gasteiger partial charge in [-0.2, -0.15) is 5.26 Å². The maximum absolute atomic E-state index is 10.6. The number of hydrogen-bond donors (Lipinski definition) is 1. The molecule has 0 unspecified atom stereocenters. The average molecular weight is 308 g/mol. The van der Waals surface area contributed by atoms with Crippen molar-refractivity contribution in [1.82, 2.24) is 0 Å². The van der Waals surface area contributed by atoms with Crippen molar-refractivity contribution in [3.05, 3.63) is 66.2 Å². The van der Waals surface area contributed by atoms with Crippen LogP contribution in [-0.2, 0) is 4.79 Å². The molecular weight excluding hydrogens is 284 g/mol. The molecule has 0 radical (unpaired) electrons. The third-order valence-electron chi connectivity index (χ3n) is 3.25. The first-order chi connectivity index (χ1) is 11.2. The van der Waals surface area contributed by atoms with Gasteiger partial charge in [-0.25, -0.2) is 0 Å². The SMILES string of the molecule is C1CCCC1.CC(=O)Nc1ccc(C#N)cc1.c1ccccc1. The third-order valence-corrected chi connectivity index (χ3v) is 3.25. The van der Waals surface area contributed by atoms with Crippen molar-refractivity contribution in [2.75, 3.05) is 5.32 Å². The molecule has 3 nitrogen and oxygen atoms in total. The highest BCUT2D eigenvalue weighted by molar-refractivity contribution is 5.88. The monoisotopic (exact) mass is 308 g/mol. The van der Waals surface area contributed by atoms with E-state index in [1.807, 2.05) is 42.5 Å². The van der Waals surface area contributed by atoms with Gasteiger partial charge in [0.25, 0.3) is 0 Å². The summed E-state index contributed by atoms with van der Waals surface area (Å²) in [5.41, 5.74) is 1.30. The number of carbonyl (C=O) groups is 1. The number of nitrogens with zero attached hydrogens (tertiary/aromatic N) is 1. The second-order valence-corrected chi connectivity index (χ2v) is 5.29. The van der Waals surface area contributed by atoms with Gasteiger partial charge in [0.05, 0.1) is 11.6 Å². The molecular formula is C20H24N2O. The standard InChI is InChI=1S/C9H8N2O.C6H6.C5H10/c1-7(12)11-9-4-2-8(6-10)3-5-9;1-2-4-6-5-3-1;1-2-4-5-3-1/h2-5H,1H3,(H,11,12);1-6H;1-5H2. The zero-order chi connectivity index (χ0) is 16.8. The zero-order valence-corrected chi connectivity index (χ0v) is 13.7. The number of benzene rings is 2. The molecule has 1 fully saturated rings. The number of amides is 1. The minimum atomic E-state index is -0.111. The zero-order valence-electron chi connectivity index (χ0n) is 13.7. The van der Waals surface area contributed by atoms with Crippen LogP contribution in [0, 0.1) is 11.3 Å². The lowest BCUT2D eigenvalue weighted by Gasteiger charge is -1.99. The number of nitriles is 1. The maximum atomic E-state index is 10.6. The van der Waals surface area contributed by atoms with E-state index in [1.54, 1.807) is 24.3 Å². The molecule has 2 aromatic rings. The van der Waals surface area contributed by atoms with Gasteiger partial charge in [-0.15, -0.1) is 0 Å². The summed E-state index contributed by atoms with van der Waals surface area (Å²) in [6, 6.07) is 20.7. The van der Waals surface area contributed by atoms with Gasteiger partial charge in [0.1, 0.15) is 0 Å². The van der Waals surface area contributed by atoms with Crippen LogP contribution in [0.5, 0.6) is 0 Å². The molecule has 120 valence electrons. The fraction of sp³-hybridized carbons (Fsp3) is 0.300. The van der Waals surface area contributed by atoms with E-state index in [9.17, 15) is 4.79 Å². The van der Waals surface area contributed by atoms with Crippen LogP contribution < -0.4 is 5.32 Å². The Kier molecular flexibility index (Phi) is 9.62. The van der Waals surface area contributed by atoms with Crippen molar-refractivity contribution in [2.24, 2.45) is 0 Å². The highest BCUT2D eigenvalue weighted by Crippen LogP contribution is 2.15. The molecule has 1 aliphatic carbocycles. The highest BCUT2D eigenvalue weighted by atomic mass is 16.1. The molecule has 0 bridgehead atoms. The van der Waals surface area contributed by atoms with Crippen LogP contribution in [0.25, 0.3) is 0 Å². The summed E-state index contributed by atoms with van der Waals surface area (Å²) in [4.78, 5) is 10.6. The van der Waals surface area contributed by atoms with Crippen molar-refractivity contribution in [2.45, 2.75) is 39.0 Å². The van der Waals surface area contributed by atoms with Gasteiger partial charge in [0, 0.05) is 12.6 Å². The van der Waals surface area contributed by atoms with Crippen LogP contribution in [0.2, 0.25) is 0 Å². The van der Waals surface area contributed by atoms with Crippen LogP contribution in [0.1, 0.15) is 44.6 Å². The van der Waals surface area contributed by atoms with Crippen LogP contribution in [0.4, 0.5) is 5.69 Å². The molecule has 1 saturated carbocycles. The summed E-state index contributed by atoms with van der Waals surface area (Å²) >= 11 is 0. The molecule has 3 heteroatoms. The summed E-state index contributed by atoms with van der Waals surface area (Å²) in [6.07, 6.45) is 7.50. The highest BCUT2D eigenvalue weighted by Gasteiger charge is 1.95. The molecule has 0 atom stereocenters. The summed E-state index contributed by atoms with van der Waals surface area (Å²) in [5, 5.41) is 11.1. The first-order valence-corrected chi connectivity index (χ1v) is 8.00. The van der Waals surface area contributed by atoms with Crippen LogP contribution in [-0.4, -0.2) is 5.91 Å². The van der Waals surface area contributed by atoms with E-state index in [0.717, 1.165) is 0 Å². The molecule has 0 heterocycles. The van der Waals surface area contributed by atoms with Gasteiger partial charge >= 0.3 is 0 Å². The molecule has 3 rings (SSSR count). The third kappa shape index (κ3) is 9.87. The summed E-state index contributed by atoms with van der Waals surface area (Å²) in [7, 11) is 0. The Morgan fingerprint density at radius 2 is 1.26 bits per heavy atom. The Labute approximate surface area is 139 Å². The van der Waals surface area contributed by atoms with Gasteiger partial charge in [-0.3, -0.25) is 4.79 Å². The molecule has 23 heavy (non-hydrogen) atoms. The number of hydrogen-bond acceptors (Lipinski definition) is 2. The van der Waals surface area contributed by atoms with E-state index in [1.165, 1.54) is 39.0 Å². The fourth-order valence-corrected chi connectivity index (χ4v) is 2.10. The number of nitrogens with one attached hydrogen (secondary N) is 1. The van der Waals surface area contributed by atoms with E-state index in [-0.39, 0.29) is 5.91 Å². The Balaban J connectivity index is 0.000000198. The van der Waals surface area contributed by atoms with E-state index in [2.05, 4.69) is 5.32 Å². The van der Waals surface area contributed by atoms with Crippen LogP contribution >= 0.6 is 0 Å². The minimum Gasteiger partial charge on any atom is -0.326 e. The lowest BCUT2D eigenvalue weighted by atomic mass is 10.2. The molecule has 1 aliphatic rings. The predicted molar refractivity (Wildman–Crippen MR) is 95.0 cm³/mol. The Hall–Kier alpha value is -2.60. The summed E-state index contributed by atoms with van der Waals surface area (Å²) < 4.78 is 0. The second-order valence-electron chi connectivity index (χ2n) is 5.29. The fourth-order valence-electron chi connectivity index (χ4n) is 2.10. The molecule has 0 saturated heterocycles. The normalized spacial score (nSPS) is 11.8. The van der Waals surface area contributed by atoms with Crippen molar-refractivity contribution in [3.8, 4) is 6.07 Å². The number of carbonyl (C=O) groups excluding carboxylic acids is 1. The first kappa shape index (κ1) is 18.4. The second kappa shape index (κ2) is 12.0. The Morgan fingerprint density at radius 1 is 0.870 bits per heavy atom. The Morgan fingerprint density at radius 3 is 1.57 bits per heavy atom. The van der Waals surface area contributed by atoms with Crippen molar-refractivity contribution >= 4 is 11.6 Å². The van der Waals surface area contributed by atoms with Crippen LogP contribution in [0.3, 0.4) is 0 Å². The molecule has 0 aromatic heterocycles. The molecule has 0 aliphatic heterocycles. The van der Waals surface area contributed by atoms with Gasteiger partial charge in [0.2, 0.25) is 5.91 Å². The number of anilines is 1. The molecule has 1 amide bonds.